The average molecular weight is 298 g/mol. The molecule has 0 radical (unpaired) electrons. The molecule has 1 heterocycles. The Morgan fingerprint density at radius 3 is 2.65 bits per heavy atom. The number of halogens is 1. The SMILES string of the molecule is CN1CCC(c2ccc(Br)cc2)C(C(=O)O)C1. The molecule has 1 aromatic rings. The maximum absolute atomic E-state index is 11.3. The van der Waals surface area contributed by atoms with E-state index in [1.807, 2.05) is 31.3 Å². The van der Waals surface area contributed by atoms with Gasteiger partial charge in [-0.15, -0.1) is 0 Å². The van der Waals surface area contributed by atoms with Gasteiger partial charge in [0, 0.05) is 11.0 Å². The number of carboxylic acids is 1. The first-order valence-electron chi connectivity index (χ1n) is 5.74. The van der Waals surface area contributed by atoms with Crippen molar-refractivity contribution in [3.63, 3.8) is 0 Å². The lowest BCUT2D eigenvalue weighted by atomic mass is 9.80. The van der Waals surface area contributed by atoms with Crippen LogP contribution < -0.4 is 0 Å². The number of aliphatic carboxylic acids is 1. The van der Waals surface area contributed by atoms with Gasteiger partial charge in [0.05, 0.1) is 5.92 Å². The number of carboxylic acid groups (broad SMARTS) is 1. The summed E-state index contributed by atoms with van der Waals surface area (Å²) in [5, 5.41) is 9.31. The highest BCUT2D eigenvalue weighted by Crippen LogP contribution is 2.33. The third-order valence-electron chi connectivity index (χ3n) is 3.43. The lowest BCUT2D eigenvalue weighted by molar-refractivity contribution is -0.144. The summed E-state index contributed by atoms with van der Waals surface area (Å²) in [5.41, 5.74) is 1.13. The number of likely N-dealkylation sites (tertiary alicyclic amines) is 1. The Hall–Kier alpha value is -0.870. The van der Waals surface area contributed by atoms with E-state index in [9.17, 15) is 9.90 Å². The first-order chi connectivity index (χ1) is 8.08. The molecule has 1 fully saturated rings. The van der Waals surface area contributed by atoms with Crippen LogP contribution in [0, 0.1) is 5.92 Å². The van der Waals surface area contributed by atoms with Crippen LogP contribution in [0.3, 0.4) is 0 Å². The molecule has 1 saturated heterocycles. The van der Waals surface area contributed by atoms with Crippen LogP contribution in [0.5, 0.6) is 0 Å². The second-order valence-corrected chi connectivity index (χ2v) is 5.57. The minimum atomic E-state index is -0.690. The number of hydrogen-bond acceptors (Lipinski definition) is 2. The van der Waals surface area contributed by atoms with E-state index in [-0.39, 0.29) is 11.8 Å². The van der Waals surface area contributed by atoms with Crippen LogP contribution >= 0.6 is 15.9 Å². The molecule has 1 aliphatic heterocycles. The van der Waals surface area contributed by atoms with E-state index in [1.165, 1.54) is 0 Å². The van der Waals surface area contributed by atoms with E-state index in [0.29, 0.717) is 6.54 Å². The third-order valence-corrected chi connectivity index (χ3v) is 3.96. The first kappa shape index (κ1) is 12.6. The van der Waals surface area contributed by atoms with Gasteiger partial charge in [-0.1, -0.05) is 28.1 Å². The Labute approximate surface area is 110 Å². The summed E-state index contributed by atoms with van der Waals surface area (Å²) >= 11 is 3.40. The summed E-state index contributed by atoms with van der Waals surface area (Å²) in [4.78, 5) is 13.4. The summed E-state index contributed by atoms with van der Waals surface area (Å²) in [6.07, 6.45) is 0.912. The third kappa shape index (κ3) is 2.87. The number of hydrogen-bond donors (Lipinski definition) is 1. The van der Waals surface area contributed by atoms with Gasteiger partial charge in [-0.05, 0) is 43.6 Å². The van der Waals surface area contributed by atoms with E-state index in [1.54, 1.807) is 0 Å². The molecular formula is C13H16BrNO2. The summed E-state index contributed by atoms with van der Waals surface area (Å²) in [5.74, 6) is -0.851. The van der Waals surface area contributed by atoms with Crippen molar-refractivity contribution in [1.29, 1.82) is 0 Å². The number of piperidine rings is 1. The van der Waals surface area contributed by atoms with Gasteiger partial charge in [0.2, 0.25) is 0 Å². The summed E-state index contributed by atoms with van der Waals surface area (Å²) in [7, 11) is 1.98. The fourth-order valence-electron chi connectivity index (χ4n) is 2.47. The van der Waals surface area contributed by atoms with Gasteiger partial charge in [-0.25, -0.2) is 0 Å². The molecule has 0 saturated carbocycles. The van der Waals surface area contributed by atoms with Crippen molar-refractivity contribution >= 4 is 21.9 Å². The molecule has 1 aromatic carbocycles. The highest BCUT2D eigenvalue weighted by molar-refractivity contribution is 9.10. The first-order valence-corrected chi connectivity index (χ1v) is 6.54. The number of benzene rings is 1. The quantitative estimate of drug-likeness (QED) is 0.912. The molecule has 0 aromatic heterocycles. The van der Waals surface area contributed by atoms with Gasteiger partial charge < -0.3 is 10.0 Å². The van der Waals surface area contributed by atoms with Crippen LogP contribution in [-0.2, 0) is 4.79 Å². The normalized spacial score (nSPS) is 25.8. The van der Waals surface area contributed by atoms with Gasteiger partial charge >= 0.3 is 5.97 Å². The maximum Gasteiger partial charge on any atom is 0.308 e. The minimum Gasteiger partial charge on any atom is -0.481 e. The minimum absolute atomic E-state index is 0.136. The van der Waals surface area contributed by atoms with Crippen molar-refractivity contribution in [3.05, 3.63) is 34.3 Å². The number of carbonyl (C=O) groups is 1. The Kier molecular flexibility index (Phi) is 3.84. The number of rotatable bonds is 2. The highest BCUT2D eigenvalue weighted by Gasteiger charge is 2.33. The monoisotopic (exact) mass is 297 g/mol. The van der Waals surface area contributed by atoms with Gasteiger partial charge in [0.1, 0.15) is 0 Å². The van der Waals surface area contributed by atoms with Crippen molar-refractivity contribution in [2.45, 2.75) is 12.3 Å². The largest absolute Gasteiger partial charge is 0.481 e. The second-order valence-electron chi connectivity index (χ2n) is 4.65. The molecule has 2 atom stereocenters. The highest BCUT2D eigenvalue weighted by atomic mass is 79.9. The standard InChI is InChI=1S/C13H16BrNO2/c1-15-7-6-11(12(8-15)13(16)17)9-2-4-10(14)5-3-9/h2-5,11-12H,6-8H2,1H3,(H,16,17). The van der Waals surface area contributed by atoms with E-state index in [2.05, 4.69) is 20.8 Å². The molecule has 0 spiro atoms. The van der Waals surface area contributed by atoms with Gasteiger partial charge in [0.25, 0.3) is 0 Å². The Morgan fingerprint density at radius 2 is 2.06 bits per heavy atom. The molecule has 2 unspecified atom stereocenters. The van der Waals surface area contributed by atoms with E-state index in [0.717, 1.165) is 23.0 Å². The van der Waals surface area contributed by atoms with E-state index >= 15 is 0 Å². The van der Waals surface area contributed by atoms with Crippen LogP contribution in [0.2, 0.25) is 0 Å². The summed E-state index contributed by atoms with van der Waals surface area (Å²) in [6.45, 7) is 1.60. The maximum atomic E-state index is 11.3. The topological polar surface area (TPSA) is 40.5 Å². The summed E-state index contributed by atoms with van der Waals surface area (Å²) in [6, 6.07) is 8.01. The van der Waals surface area contributed by atoms with Crippen LogP contribution in [-0.4, -0.2) is 36.1 Å². The zero-order chi connectivity index (χ0) is 12.4. The summed E-state index contributed by atoms with van der Waals surface area (Å²) < 4.78 is 1.03. The predicted octanol–water partition coefficient (Wildman–Crippen LogP) is 2.57. The fraction of sp³-hybridized carbons (Fsp3) is 0.462. The Balaban J connectivity index is 2.23. The van der Waals surface area contributed by atoms with E-state index in [4.69, 9.17) is 0 Å². The zero-order valence-corrected chi connectivity index (χ0v) is 11.4. The zero-order valence-electron chi connectivity index (χ0n) is 9.77. The van der Waals surface area contributed by atoms with Crippen molar-refractivity contribution < 1.29 is 9.90 Å². The second kappa shape index (κ2) is 5.19. The van der Waals surface area contributed by atoms with Crippen molar-refractivity contribution in [2.24, 2.45) is 5.92 Å². The van der Waals surface area contributed by atoms with Gasteiger partial charge in [-0.3, -0.25) is 4.79 Å². The molecule has 3 nitrogen and oxygen atoms in total. The molecule has 1 aliphatic rings. The molecule has 2 rings (SSSR count). The van der Waals surface area contributed by atoms with Crippen LogP contribution in [0.1, 0.15) is 17.9 Å². The van der Waals surface area contributed by atoms with Gasteiger partial charge in [-0.2, -0.15) is 0 Å². The van der Waals surface area contributed by atoms with E-state index < -0.39 is 5.97 Å². The van der Waals surface area contributed by atoms with Crippen LogP contribution in [0.25, 0.3) is 0 Å². The molecular weight excluding hydrogens is 282 g/mol. The molecule has 92 valence electrons. The van der Waals surface area contributed by atoms with Gasteiger partial charge in [0.15, 0.2) is 0 Å². The van der Waals surface area contributed by atoms with Crippen molar-refractivity contribution in [3.8, 4) is 0 Å². The fourth-order valence-corrected chi connectivity index (χ4v) is 2.74. The molecule has 0 aliphatic carbocycles. The molecule has 1 N–H and O–H groups in total. The molecule has 0 amide bonds. The Morgan fingerprint density at radius 1 is 1.41 bits per heavy atom. The Bertz CT molecular complexity index is 404. The molecule has 4 heteroatoms. The predicted molar refractivity (Wildman–Crippen MR) is 70.1 cm³/mol. The van der Waals surface area contributed by atoms with Crippen molar-refractivity contribution in [2.75, 3.05) is 20.1 Å². The smallest absolute Gasteiger partial charge is 0.308 e. The lowest BCUT2D eigenvalue weighted by Crippen LogP contribution is -2.40. The lowest BCUT2D eigenvalue weighted by Gasteiger charge is -2.34. The number of nitrogens with zero attached hydrogens (tertiary/aromatic N) is 1. The van der Waals surface area contributed by atoms with Crippen LogP contribution in [0.4, 0.5) is 0 Å². The van der Waals surface area contributed by atoms with Crippen molar-refractivity contribution in [1.82, 2.24) is 4.90 Å². The average Bonchev–Trinajstić information content (AvgIpc) is 2.30. The molecule has 0 bridgehead atoms. The van der Waals surface area contributed by atoms with Crippen LogP contribution in [0.15, 0.2) is 28.7 Å². The molecule has 17 heavy (non-hydrogen) atoms.